The molecule has 0 saturated carbocycles. The number of aromatic nitrogens is 2. The first kappa shape index (κ1) is 25.1. The smallest absolute Gasteiger partial charge is 0.418 e. The summed E-state index contributed by atoms with van der Waals surface area (Å²) in [5.74, 6) is -2.34. The SMILES string of the molecule is C#C[C@H]1[C@@H](c2ccc(F)c(I)c2OC)[C@H](C(=O)Nc2cnc(CO)nc2)O[C@@]1(C)C(F)(F)F. The molecule has 0 bridgehead atoms. The topological polar surface area (TPSA) is 93.6 Å². The molecule has 0 spiro atoms. The number of methoxy groups -OCH3 is 1. The first-order valence-electron chi connectivity index (χ1n) is 9.43. The second-order valence-electron chi connectivity index (χ2n) is 7.33. The molecule has 1 aromatic carbocycles. The number of aliphatic hydroxyl groups is 1. The van der Waals surface area contributed by atoms with Gasteiger partial charge in [0.2, 0.25) is 0 Å². The Morgan fingerprint density at radius 1 is 1.39 bits per heavy atom. The van der Waals surface area contributed by atoms with Crippen molar-refractivity contribution in [2.45, 2.75) is 37.3 Å². The minimum Gasteiger partial charge on any atom is -0.495 e. The Bertz CT molecular complexity index is 1090. The van der Waals surface area contributed by atoms with Gasteiger partial charge in [0.1, 0.15) is 24.3 Å². The molecule has 2 heterocycles. The molecule has 33 heavy (non-hydrogen) atoms. The van der Waals surface area contributed by atoms with Gasteiger partial charge in [-0.05, 0) is 35.6 Å². The standard InChI is InChI=1S/C21H18F4IN3O4/c1-4-12-15(11-5-6-13(22)16(26)17(11)32-3)18(33-20(12,2)21(23,24)25)19(31)29-10-7-27-14(9-30)28-8-10/h1,5-8,12,15,18,30H,9H2,2-3H3,(H,29,31)/t12-,15+,18+,20+/m0/s1. The number of alkyl halides is 3. The zero-order valence-corrected chi connectivity index (χ0v) is 19.4. The highest BCUT2D eigenvalue weighted by molar-refractivity contribution is 14.1. The van der Waals surface area contributed by atoms with Crippen molar-refractivity contribution in [1.29, 1.82) is 0 Å². The van der Waals surface area contributed by atoms with Crippen molar-refractivity contribution in [1.82, 2.24) is 9.97 Å². The number of anilines is 1. The summed E-state index contributed by atoms with van der Waals surface area (Å²) in [7, 11) is 1.24. The molecule has 1 aliphatic rings. The van der Waals surface area contributed by atoms with E-state index in [1.165, 1.54) is 25.6 Å². The number of terminal acetylenes is 1. The number of hydrogen-bond donors (Lipinski definition) is 2. The van der Waals surface area contributed by atoms with Crippen molar-refractivity contribution in [2.75, 3.05) is 12.4 Å². The number of aliphatic hydroxyl groups excluding tert-OH is 1. The molecule has 0 radical (unpaired) electrons. The van der Waals surface area contributed by atoms with Gasteiger partial charge in [-0.1, -0.05) is 12.0 Å². The van der Waals surface area contributed by atoms with Gasteiger partial charge >= 0.3 is 6.18 Å². The van der Waals surface area contributed by atoms with Crippen LogP contribution in [0.2, 0.25) is 0 Å². The van der Waals surface area contributed by atoms with E-state index in [1.807, 2.05) is 0 Å². The number of hydrogen-bond acceptors (Lipinski definition) is 6. The number of carbonyl (C=O) groups is 1. The number of benzene rings is 1. The van der Waals surface area contributed by atoms with Gasteiger partial charge < -0.3 is 19.9 Å². The van der Waals surface area contributed by atoms with Crippen molar-refractivity contribution in [3.8, 4) is 18.1 Å². The lowest BCUT2D eigenvalue weighted by molar-refractivity contribution is -0.269. The maximum Gasteiger partial charge on any atom is 0.418 e. The van der Waals surface area contributed by atoms with E-state index in [1.54, 1.807) is 22.6 Å². The van der Waals surface area contributed by atoms with Crippen LogP contribution in [0.5, 0.6) is 5.75 Å². The number of rotatable bonds is 5. The number of nitrogens with zero attached hydrogens (tertiary/aromatic N) is 2. The summed E-state index contributed by atoms with van der Waals surface area (Å²) in [5.41, 5.74) is -2.69. The Hall–Kier alpha value is -2.50. The molecule has 1 amide bonds. The van der Waals surface area contributed by atoms with Crippen molar-refractivity contribution in [3.63, 3.8) is 0 Å². The summed E-state index contributed by atoms with van der Waals surface area (Å²) in [5, 5.41) is 11.4. The Labute approximate surface area is 200 Å². The third-order valence-electron chi connectivity index (χ3n) is 5.41. The van der Waals surface area contributed by atoms with E-state index < -0.39 is 48.0 Å². The summed E-state index contributed by atoms with van der Waals surface area (Å²) in [6.45, 7) is 0.344. The lowest BCUT2D eigenvalue weighted by Crippen LogP contribution is -2.47. The quantitative estimate of drug-likeness (QED) is 0.321. The summed E-state index contributed by atoms with van der Waals surface area (Å²) < 4.78 is 66.9. The predicted molar refractivity (Wildman–Crippen MR) is 117 cm³/mol. The zero-order valence-electron chi connectivity index (χ0n) is 17.3. The highest BCUT2D eigenvalue weighted by Crippen LogP contribution is 2.55. The molecule has 0 aliphatic carbocycles. The minimum absolute atomic E-state index is 0.0242. The normalized spacial score (nSPS) is 24.9. The first-order valence-corrected chi connectivity index (χ1v) is 10.5. The van der Waals surface area contributed by atoms with Crippen molar-refractivity contribution in [3.05, 3.63) is 45.3 Å². The lowest BCUT2D eigenvalue weighted by atomic mass is 9.76. The van der Waals surface area contributed by atoms with E-state index in [0.29, 0.717) is 0 Å². The van der Waals surface area contributed by atoms with Gasteiger partial charge in [-0.15, -0.1) is 6.42 Å². The van der Waals surface area contributed by atoms with E-state index in [2.05, 4.69) is 21.2 Å². The van der Waals surface area contributed by atoms with Crippen LogP contribution in [0.15, 0.2) is 24.5 Å². The number of halogens is 5. The molecule has 2 N–H and O–H groups in total. The van der Waals surface area contributed by atoms with Gasteiger partial charge in [-0.25, -0.2) is 14.4 Å². The molecule has 2 aromatic rings. The van der Waals surface area contributed by atoms with Crippen LogP contribution in [0, 0.1) is 27.6 Å². The third-order valence-corrected chi connectivity index (χ3v) is 6.41. The van der Waals surface area contributed by atoms with Crippen molar-refractivity contribution < 1.29 is 36.9 Å². The molecule has 7 nitrogen and oxygen atoms in total. The molecule has 176 valence electrons. The van der Waals surface area contributed by atoms with Crippen LogP contribution >= 0.6 is 22.6 Å². The van der Waals surface area contributed by atoms with Crippen molar-refractivity contribution in [2.24, 2.45) is 5.92 Å². The van der Waals surface area contributed by atoms with Crippen LogP contribution in [0.1, 0.15) is 24.2 Å². The van der Waals surface area contributed by atoms with Crippen LogP contribution in [0.3, 0.4) is 0 Å². The second kappa shape index (κ2) is 9.40. The summed E-state index contributed by atoms with van der Waals surface area (Å²) >= 11 is 1.66. The fourth-order valence-electron chi connectivity index (χ4n) is 3.72. The Kier molecular flexibility index (Phi) is 7.15. The van der Waals surface area contributed by atoms with Gasteiger partial charge in [0.05, 0.1) is 34.7 Å². The molecule has 12 heteroatoms. The molecule has 0 unspecified atom stereocenters. The average molecular weight is 579 g/mol. The molecule has 1 fully saturated rings. The zero-order chi connectivity index (χ0) is 24.6. The second-order valence-corrected chi connectivity index (χ2v) is 8.41. The summed E-state index contributed by atoms with van der Waals surface area (Å²) in [6.07, 6.45) is 1.27. The molecular weight excluding hydrogens is 561 g/mol. The summed E-state index contributed by atoms with van der Waals surface area (Å²) in [4.78, 5) is 20.7. The highest BCUT2D eigenvalue weighted by atomic mass is 127. The Balaban J connectivity index is 2.10. The van der Waals surface area contributed by atoms with Crippen LogP contribution in [0.25, 0.3) is 0 Å². The van der Waals surface area contributed by atoms with Crippen LogP contribution in [-0.2, 0) is 16.1 Å². The number of amides is 1. The maximum absolute atomic E-state index is 14.1. The summed E-state index contributed by atoms with van der Waals surface area (Å²) in [6, 6.07) is 2.29. The number of carbonyl (C=O) groups excluding carboxylic acids is 1. The molecule has 4 atom stereocenters. The van der Waals surface area contributed by atoms with Gasteiger partial charge in [0.25, 0.3) is 5.91 Å². The highest BCUT2D eigenvalue weighted by Gasteiger charge is 2.67. The molecule has 3 rings (SSSR count). The maximum atomic E-state index is 14.1. The number of ether oxygens (including phenoxy) is 2. The van der Waals surface area contributed by atoms with Crippen LogP contribution in [0.4, 0.5) is 23.2 Å². The van der Waals surface area contributed by atoms with Crippen LogP contribution in [-0.4, -0.2) is 46.0 Å². The molecular formula is C21H18F4IN3O4. The van der Waals surface area contributed by atoms with E-state index in [4.69, 9.17) is 21.0 Å². The lowest BCUT2D eigenvalue weighted by Gasteiger charge is -2.31. The average Bonchev–Trinajstić information content (AvgIpc) is 3.09. The van der Waals surface area contributed by atoms with E-state index in [-0.39, 0.29) is 26.4 Å². The van der Waals surface area contributed by atoms with Gasteiger partial charge in [-0.3, -0.25) is 4.79 Å². The van der Waals surface area contributed by atoms with Crippen LogP contribution < -0.4 is 10.1 Å². The van der Waals surface area contributed by atoms with E-state index in [0.717, 1.165) is 13.0 Å². The first-order chi connectivity index (χ1) is 15.5. The predicted octanol–water partition coefficient (Wildman–Crippen LogP) is 3.41. The Morgan fingerprint density at radius 2 is 2.03 bits per heavy atom. The largest absolute Gasteiger partial charge is 0.495 e. The Morgan fingerprint density at radius 3 is 2.55 bits per heavy atom. The number of nitrogens with one attached hydrogen (secondary N) is 1. The van der Waals surface area contributed by atoms with Crippen molar-refractivity contribution >= 4 is 34.2 Å². The molecule has 1 aliphatic heterocycles. The fourth-order valence-corrected chi connectivity index (χ4v) is 4.44. The third kappa shape index (κ3) is 4.49. The fraction of sp³-hybridized carbons (Fsp3) is 0.381. The van der Waals surface area contributed by atoms with E-state index in [9.17, 15) is 22.4 Å². The van der Waals surface area contributed by atoms with Gasteiger partial charge in [0, 0.05) is 11.5 Å². The van der Waals surface area contributed by atoms with E-state index >= 15 is 0 Å². The minimum atomic E-state index is -4.91. The molecule has 1 saturated heterocycles. The van der Waals surface area contributed by atoms with Gasteiger partial charge in [0.15, 0.2) is 11.4 Å². The molecule has 1 aromatic heterocycles. The monoisotopic (exact) mass is 579 g/mol. The van der Waals surface area contributed by atoms with Gasteiger partial charge in [-0.2, -0.15) is 13.2 Å².